The standard InChI is InChI=1S/C18H29NO4/c1-6-22-15(20)13(2)14-11-18(12-14)7-9-19(10-8-18)16(21)23-17(3,4)5/h6-12H2,1-5H3. The number of ether oxygens (including phenoxy) is 2. The summed E-state index contributed by atoms with van der Waals surface area (Å²) in [6.45, 7) is 11.2. The number of nitrogens with zero attached hydrogens (tertiary/aromatic N) is 1. The number of hydrogen-bond acceptors (Lipinski definition) is 4. The molecule has 1 aliphatic heterocycles. The van der Waals surface area contributed by atoms with E-state index in [2.05, 4.69) is 0 Å². The molecule has 1 amide bonds. The van der Waals surface area contributed by atoms with E-state index in [1.807, 2.05) is 34.6 Å². The van der Waals surface area contributed by atoms with Crippen LogP contribution in [0.1, 0.15) is 60.3 Å². The van der Waals surface area contributed by atoms with E-state index >= 15 is 0 Å². The van der Waals surface area contributed by atoms with Crippen molar-refractivity contribution >= 4 is 12.1 Å². The topological polar surface area (TPSA) is 55.8 Å². The predicted octanol–water partition coefficient (Wildman–Crippen LogP) is 3.68. The number of allylic oxidation sites excluding steroid dienone is 1. The third kappa shape index (κ3) is 4.27. The molecule has 130 valence electrons. The number of likely N-dealkylation sites (tertiary alicyclic amines) is 1. The predicted molar refractivity (Wildman–Crippen MR) is 88.0 cm³/mol. The Balaban J connectivity index is 1.86. The highest BCUT2D eigenvalue weighted by molar-refractivity contribution is 5.89. The number of hydrogen-bond donors (Lipinski definition) is 0. The number of rotatable bonds is 2. The third-order valence-corrected chi connectivity index (χ3v) is 4.76. The lowest BCUT2D eigenvalue weighted by Crippen LogP contribution is -2.48. The second-order valence-electron chi connectivity index (χ2n) is 7.77. The minimum absolute atomic E-state index is 0.191. The van der Waals surface area contributed by atoms with Gasteiger partial charge in [0.25, 0.3) is 0 Å². The second kappa shape index (κ2) is 6.54. The van der Waals surface area contributed by atoms with E-state index in [9.17, 15) is 9.59 Å². The Bertz CT molecular complexity index is 498. The highest BCUT2D eigenvalue weighted by Crippen LogP contribution is 2.53. The first-order valence-corrected chi connectivity index (χ1v) is 8.49. The van der Waals surface area contributed by atoms with Crippen LogP contribution >= 0.6 is 0 Å². The fourth-order valence-corrected chi connectivity index (χ4v) is 3.35. The molecule has 0 bridgehead atoms. The molecule has 1 saturated heterocycles. The lowest BCUT2D eigenvalue weighted by atomic mass is 9.59. The quantitative estimate of drug-likeness (QED) is 0.574. The van der Waals surface area contributed by atoms with Crippen molar-refractivity contribution in [3.8, 4) is 0 Å². The second-order valence-corrected chi connectivity index (χ2v) is 7.77. The van der Waals surface area contributed by atoms with E-state index in [-0.39, 0.29) is 17.5 Å². The molecule has 5 heteroatoms. The molecule has 1 aliphatic carbocycles. The van der Waals surface area contributed by atoms with Crippen LogP contribution in [-0.4, -0.2) is 42.3 Å². The van der Waals surface area contributed by atoms with E-state index in [1.165, 1.54) is 5.57 Å². The highest BCUT2D eigenvalue weighted by Gasteiger charge is 2.45. The molecule has 1 heterocycles. The van der Waals surface area contributed by atoms with Gasteiger partial charge in [-0.3, -0.25) is 0 Å². The van der Waals surface area contributed by atoms with Crippen molar-refractivity contribution < 1.29 is 19.1 Å². The summed E-state index contributed by atoms with van der Waals surface area (Å²) in [6, 6.07) is 0. The molecule has 0 unspecified atom stereocenters. The molecule has 0 radical (unpaired) electrons. The third-order valence-electron chi connectivity index (χ3n) is 4.76. The SMILES string of the molecule is CCOC(=O)C(C)=C1CC2(CCN(C(=O)OC(C)(C)C)CC2)C1. The van der Waals surface area contributed by atoms with Crippen molar-refractivity contribution in [3.05, 3.63) is 11.1 Å². The van der Waals surface area contributed by atoms with Gasteiger partial charge in [-0.25, -0.2) is 9.59 Å². The van der Waals surface area contributed by atoms with Crippen LogP contribution in [0.3, 0.4) is 0 Å². The zero-order valence-electron chi connectivity index (χ0n) is 15.0. The molecular weight excluding hydrogens is 294 g/mol. The highest BCUT2D eigenvalue weighted by atomic mass is 16.6. The zero-order chi connectivity index (χ0) is 17.3. The number of amides is 1. The molecule has 2 aliphatic rings. The van der Waals surface area contributed by atoms with Gasteiger partial charge in [-0.15, -0.1) is 0 Å². The molecule has 1 saturated carbocycles. The van der Waals surface area contributed by atoms with Crippen molar-refractivity contribution in [1.82, 2.24) is 4.90 Å². The molecule has 0 N–H and O–H groups in total. The summed E-state index contributed by atoms with van der Waals surface area (Å²) in [5.41, 5.74) is 1.80. The van der Waals surface area contributed by atoms with Gasteiger partial charge < -0.3 is 14.4 Å². The van der Waals surface area contributed by atoms with E-state index in [0.717, 1.165) is 44.3 Å². The summed E-state index contributed by atoms with van der Waals surface area (Å²) in [5.74, 6) is -0.191. The molecule has 1 spiro atoms. The monoisotopic (exact) mass is 323 g/mol. The van der Waals surface area contributed by atoms with Crippen LogP contribution in [0.5, 0.6) is 0 Å². The average molecular weight is 323 g/mol. The van der Waals surface area contributed by atoms with Crippen LogP contribution in [0.4, 0.5) is 4.79 Å². The Labute approximate surface area is 139 Å². The summed E-state index contributed by atoms with van der Waals surface area (Å²) in [5, 5.41) is 0. The molecule has 2 fully saturated rings. The lowest BCUT2D eigenvalue weighted by Gasteiger charge is -2.49. The fraction of sp³-hybridized carbons (Fsp3) is 0.778. The maximum Gasteiger partial charge on any atom is 0.410 e. The number of piperidine rings is 1. The van der Waals surface area contributed by atoms with Crippen LogP contribution in [0.2, 0.25) is 0 Å². The first kappa shape index (κ1) is 17.8. The number of carbonyl (C=O) groups excluding carboxylic acids is 2. The normalized spacial score (nSPS) is 20.0. The number of carbonyl (C=O) groups is 2. The van der Waals surface area contributed by atoms with E-state index < -0.39 is 5.60 Å². The minimum Gasteiger partial charge on any atom is -0.463 e. The molecule has 5 nitrogen and oxygen atoms in total. The van der Waals surface area contributed by atoms with Crippen LogP contribution < -0.4 is 0 Å². The Morgan fingerprint density at radius 2 is 1.74 bits per heavy atom. The summed E-state index contributed by atoms with van der Waals surface area (Å²) >= 11 is 0. The first-order valence-electron chi connectivity index (χ1n) is 8.49. The molecule has 0 atom stereocenters. The van der Waals surface area contributed by atoms with Gasteiger partial charge in [-0.1, -0.05) is 5.57 Å². The van der Waals surface area contributed by atoms with Crippen molar-refractivity contribution in [1.29, 1.82) is 0 Å². The van der Waals surface area contributed by atoms with Crippen LogP contribution in [0.25, 0.3) is 0 Å². The van der Waals surface area contributed by atoms with Gasteiger partial charge in [-0.05, 0) is 65.7 Å². The van der Waals surface area contributed by atoms with Gasteiger partial charge in [0.15, 0.2) is 0 Å². The van der Waals surface area contributed by atoms with Crippen LogP contribution in [0.15, 0.2) is 11.1 Å². The largest absolute Gasteiger partial charge is 0.463 e. The first-order chi connectivity index (χ1) is 10.7. The Kier molecular flexibility index (Phi) is 5.07. The Morgan fingerprint density at radius 1 is 1.17 bits per heavy atom. The number of esters is 1. The Hall–Kier alpha value is -1.52. The van der Waals surface area contributed by atoms with Gasteiger partial charge >= 0.3 is 12.1 Å². The van der Waals surface area contributed by atoms with E-state index in [4.69, 9.17) is 9.47 Å². The van der Waals surface area contributed by atoms with Crippen molar-refractivity contribution in [3.63, 3.8) is 0 Å². The van der Waals surface area contributed by atoms with Crippen LogP contribution in [0, 0.1) is 5.41 Å². The average Bonchev–Trinajstić information content (AvgIpc) is 2.42. The van der Waals surface area contributed by atoms with E-state index in [0.29, 0.717) is 6.61 Å². The van der Waals surface area contributed by atoms with E-state index in [1.54, 1.807) is 4.90 Å². The summed E-state index contributed by atoms with van der Waals surface area (Å²) < 4.78 is 10.5. The van der Waals surface area contributed by atoms with Gasteiger partial charge in [0.2, 0.25) is 0 Å². The van der Waals surface area contributed by atoms with Gasteiger partial charge in [0.1, 0.15) is 5.60 Å². The van der Waals surface area contributed by atoms with Gasteiger partial charge in [0.05, 0.1) is 6.61 Å². The lowest BCUT2D eigenvalue weighted by molar-refractivity contribution is -0.138. The Morgan fingerprint density at radius 3 is 2.22 bits per heavy atom. The molecule has 23 heavy (non-hydrogen) atoms. The molecule has 0 aromatic carbocycles. The minimum atomic E-state index is -0.449. The molecule has 0 aromatic rings. The molecular formula is C18H29NO4. The summed E-state index contributed by atoms with van der Waals surface area (Å²) in [4.78, 5) is 25.7. The smallest absolute Gasteiger partial charge is 0.410 e. The van der Waals surface area contributed by atoms with Crippen molar-refractivity contribution in [2.24, 2.45) is 5.41 Å². The molecule has 0 aromatic heterocycles. The van der Waals surface area contributed by atoms with Crippen LogP contribution in [-0.2, 0) is 14.3 Å². The van der Waals surface area contributed by atoms with Gasteiger partial charge in [0, 0.05) is 18.7 Å². The maximum atomic E-state index is 12.1. The summed E-state index contributed by atoms with van der Waals surface area (Å²) in [6.07, 6.45) is 3.65. The molecule has 2 rings (SSSR count). The fourth-order valence-electron chi connectivity index (χ4n) is 3.35. The maximum absolute atomic E-state index is 12.1. The van der Waals surface area contributed by atoms with Crippen molar-refractivity contribution in [2.75, 3.05) is 19.7 Å². The van der Waals surface area contributed by atoms with Crippen molar-refractivity contribution in [2.45, 2.75) is 65.9 Å². The van der Waals surface area contributed by atoms with Gasteiger partial charge in [-0.2, -0.15) is 0 Å². The summed E-state index contributed by atoms with van der Waals surface area (Å²) in [7, 11) is 0. The zero-order valence-corrected chi connectivity index (χ0v) is 15.0.